The van der Waals surface area contributed by atoms with Gasteiger partial charge in [-0.3, -0.25) is 9.10 Å². The van der Waals surface area contributed by atoms with Crippen LogP contribution in [0.25, 0.3) is 0 Å². The highest BCUT2D eigenvalue weighted by atomic mass is 35.5. The number of halogens is 2. The number of amides is 1. The zero-order valence-electron chi connectivity index (χ0n) is 15.6. The van der Waals surface area contributed by atoms with Gasteiger partial charge in [-0.1, -0.05) is 36.2 Å². The molecule has 0 unspecified atom stereocenters. The number of thioether (sulfide) groups is 1. The van der Waals surface area contributed by atoms with Gasteiger partial charge in [0.05, 0.1) is 11.9 Å². The van der Waals surface area contributed by atoms with Gasteiger partial charge < -0.3 is 5.32 Å². The summed E-state index contributed by atoms with van der Waals surface area (Å²) in [6.45, 7) is 2.19. The van der Waals surface area contributed by atoms with Crippen molar-refractivity contribution in [2.45, 2.75) is 24.3 Å². The fourth-order valence-electron chi connectivity index (χ4n) is 2.67. The van der Waals surface area contributed by atoms with E-state index in [9.17, 15) is 13.2 Å². The third kappa shape index (κ3) is 6.58. The van der Waals surface area contributed by atoms with Crippen LogP contribution in [0.5, 0.6) is 0 Å². The monoisotopic (exact) mass is 460 g/mol. The van der Waals surface area contributed by atoms with Crippen molar-refractivity contribution >= 4 is 56.6 Å². The summed E-state index contributed by atoms with van der Waals surface area (Å²) in [4.78, 5) is 13.7. The molecule has 2 aromatic carbocycles. The number of carbonyl (C=O) groups excluding carboxylic acids is 1. The minimum absolute atomic E-state index is 0.329. The van der Waals surface area contributed by atoms with Gasteiger partial charge >= 0.3 is 0 Å². The van der Waals surface area contributed by atoms with E-state index in [1.165, 1.54) is 6.07 Å². The highest BCUT2D eigenvalue weighted by molar-refractivity contribution is 7.99. The summed E-state index contributed by atoms with van der Waals surface area (Å²) in [5.74, 6) is 0.310. The molecule has 152 valence electrons. The molecule has 0 aliphatic rings. The summed E-state index contributed by atoms with van der Waals surface area (Å²) in [6.07, 6.45) is 1.41. The number of nitrogens with one attached hydrogen (secondary N) is 1. The Hall–Kier alpha value is -1.41. The van der Waals surface area contributed by atoms with Crippen LogP contribution in [0.1, 0.15) is 13.3 Å². The van der Waals surface area contributed by atoms with Crippen LogP contribution in [-0.4, -0.2) is 38.9 Å². The van der Waals surface area contributed by atoms with Crippen LogP contribution in [0.2, 0.25) is 10.0 Å². The number of sulfonamides is 1. The quantitative estimate of drug-likeness (QED) is 0.443. The molecule has 0 radical (unpaired) electrons. The largest absolute Gasteiger partial charge is 0.353 e. The van der Waals surface area contributed by atoms with E-state index < -0.39 is 16.1 Å². The Labute approximate surface area is 180 Å². The molecular weight excluding hydrogens is 439 g/mol. The van der Waals surface area contributed by atoms with Crippen LogP contribution in [-0.2, 0) is 14.8 Å². The van der Waals surface area contributed by atoms with Crippen molar-refractivity contribution in [1.29, 1.82) is 0 Å². The average Bonchev–Trinajstić information content (AvgIpc) is 2.63. The Kier molecular flexibility index (Phi) is 8.49. The summed E-state index contributed by atoms with van der Waals surface area (Å²) in [5, 5.41) is 3.90. The normalized spacial score (nSPS) is 12.4. The molecule has 1 amide bonds. The second kappa shape index (κ2) is 10.4. The van der Waals surface area contributed by atoms with E-state index in [4.69, 9.17) is 23.2 Å². The van der Waals surface area contributed by atoms with E-state index in [-0.39, 0.29) is 5.91 Å². The first kappa shape index (κ1) is 22.9. The van der Waals surface area contributed by atoms with Crippen LogP contribution in [0, 0.1) is 0 Å². The molecule has 9 heteroatoms. The highest BCUT2D eigenvalue weighted by Gasteiger charge is 2.31. The molecule has 0 saturated heterocycles. The molecule has 0 saturated carbocycles. The minimum atomic E-state index is -3.67. The van der Waals surface area contributed by atoms with E-state index in [1.54, 1.807) is 36.9 Å². The fraction of sp³-hybridized carbons (Fsp3) is 0.316. The average molecular weight is 461 g/mol. The first-order valence-corrected chi connectivity index (χ1v) is 12.2. The fourth-order valence-corrected chi connectivity index (χ4v) is 4.95. The van der Waals surface area contributed by atoms with Crippen LogP contribution >= 0.6 is 35.0 Å². The first-order valence-electron chi connectivity index (χ1n) is 8.63. The van der Waals surface area contributed by atoms with E-state index in [1.807, 2.05) is 24.3 Å². The van der Waals surface area contributed by atoms with Gasteiger partial charge in [0.1, 0.15) is 6.04 Å². The second-order valence-electron chi connectivity index (χ2n) is 6.06. The zero-order chi connectivity index (χ0) is 20.7. The smallest absolute Gasteiger partial charge is 0.243 e. The molecule has 0 heterocycles. The number of hydrogen-bond donors (Lipinski definition) is 1. The van der Waals surface area contributed by atoms with Crippen molar-refractivity contribution in [3.8, 4) is 0 Å². The molecule has 0 bridgehead atoms. The molecule has 1 N–H and O–H groups in total. The van der Waals surface area contributed by atoms with Crippen molar-refractivity contribution in [1.82, 2.24) is 5.32 Å². The molecule has 2 rings (SSSR count). The van der Waals surface area contributed by atoms with Gasteiger partial charge in [0.15, 0.2) is 0 Å². The molecule has 0 fully saturated rings. The number of rotatable bonds is 9. The maximum Gasteiger partial charge on any atom is 0.243 e. The number of carbonyl (C=O) groups is 1. The lowest BCUT2D eigenvalue weighted by Crippen LogP contribution is -2.49. The van der Waals surface area contributed by atoms with E-state index in [0.29, 0.717) is 34.5 Å². The Morgan fingerprint density at radius 1 is 1.14 bits per heavy atom. The predicted octanol–water partition coefficient (Wildman–Crippen LogP) is 4.45. The van der Waals surface area contributed by atoms with Gasteiger partial charge in [-0.2, -0.15) is 0 Å². The Balaban J connectivity index is 2.04. The van der Waals surface area contributed by atoms with Crippen molar-refractivity contribution in [3.63, 3.8) is 0 Å². The minimum Gasteiger partial charge on any atom is -0.353 e. The Bertz CT molecular complexity index is 906. The van der Waals surface area contributed by atoms with Crippen molar-refractivity contribution < 1.29 is 13.2 Å². The Morgan fingerprint density at radius 2 is 1.82 bits per heavy atom. The maximum absolute atomic E-state index is 12.7. The summed E-state index contributed by atoms with van der Waals surface area (Å²) >= 11 is 13.4. The van der Waals surface area contributed by atoms with Gasteiger partial charge in [-0.05, 0) is 48.9 Å². The van der Waals surface area contributed by atoms with Gasteiger partial charge in [-0.15, -0.1) is 11.8 Å². The third-order valence-corrected chi connectivity index (χ3v) is 6.56. The van der Waals surface area contributed by atoms with Crippen molar-refractivity contribution in [3.05, 3.63) is 58.6 Å². The maximum atomic E-state index is 12.7. The Morgan fingerprint density at radius 3 is 2.39 bits per heavy atom. The number of nitrogens with zero attached hydrogens (tertiary/aromatic N) is 1. The SMILES string of the molecule is CC[C@H](C(=O)NCCSc1ccc(Cl)cc1)N(c1cccc(Cl)c1)S(C)(=O)=O. The van der Waals surface area contributed by atoms with Gasteiger partial charge in [0, 0.05) is 27.2 Å². The lowest BCUT2D eigenvalue weighted by atomic mass is 10.2. The molecule has 28 heavy (non-hydrogen) atoms. The zero-order valence-corrected chi connectivity index (χ0v) is 18.7. The molecule has 1 atom stereocenters. The molecule has 0 aliphatic carbocycles. The molecule has 2 aromatic rings. The van der Waals surface area contributed by atoms with Crippen LogP contribution in [0.15, 0.2) is 53.4 Å². The van der Waals surface area contributed by atoms with E-state index in [0.717, 1.165) is 15.5 Å². The molecule has 5 nitrogen and oxygen atoms in total. The number of hydrogen-bond acceptors (Lipinski definition) is 4. The summed E-state index contributed by atoms with van der Waals surface area (Å²) in [7, 11) is -3.67. The van der Waals surface area contributed by atoms with Crippen molar-refractivity contribution in [2.24, 2.45) is 0 Å². The predicted molar refractivity (Wildman–Crippen MR) is 118 cm³/mol. The lowest BCUT2D eigenvalue weighted by Gasteiger charge is -2.30. The number of benzene rings is 2. The van der Waals surface area contributed by atoms with E-state index in [2.05, 4.69) is 5.32 Å². The topological polar surface area (TPSA) is 66.5 Å². The first-order chi connectivity index (χ1) is 13.2. The van der Waals surface area contributed by atoms with Gasteiger partial charge in [0.25, 0.3) is 0 Å². The van der Waals surface area contributed by atoms with E-state index >= 15 is 0 Å². The standard InChI is InChI=1S/C19H22Cl2N2O3S2/c1-3-18(23(28(2,25)26)16-6-4-5-15(21)13-16)19(24)22-11-12-27-17-9-7-14(20)8-10-17/h4-10,13,18H,3,11-12H2,1-2H3,(H,22,24)/t18-/m1/s1. The molecular formula is C19H22Cl2N2O3S2. The van der Waals surface area contributed by atoms with Gasteiger partial charge in [-0.25, -0.2) is 8.42 Å². The summed E-state index contributed by atoms with van der Waals surface area (Å²) < 4.78 is 25.9. The summed E-state index contributed by atoms with van der Waals surface area (Å²) in [5.41, 5.74) is 0.368. The van der Waals surface area contributed by atoms with Crippen LogP contribution in [0.3, 0.4) is 0 Å². The van der Waals surface area contributed by atoms with Crippen LogP contribution in [0.4, 0.5) is 5.69 Å². The second-order valence-corrected chi connectivity index (χ2v) is 9.96. The number of anilines is 1. The van der Waals surface area contributed by atoms with Gasteiger partial charge in [0.2, 0.25) is 15.9 Å². The van der Waals surface area contributed by atoms with Crippen molar-refractivity contribution in [2.75, 3.05) is 22.9 Å². The summed E-state index contributed by atoms with van der Waals surface area (Å²) in [6, 6.07) is 13.1. The molecule has 0 spiro atoms. The van der Waals surface area contributed by atoms with Crippen LogP contribution < -0.4 is 9.62 Å². The molecule has 0 aliphatic heterocycles. The molecule has 0 aromatic heterocycles. The lowest BCUT2D eigenvalue weighted by molar-refractivity contribution is -0.122. The highest BCUT2D eigenvalue weighted by Crippen LogP contribution is 2.25. The third-order valence-electron chi connectivity index (χ3n) is 3.88.